The van der Waals surface area contributed by atoms with Crippen molar-refractivity contribution in [2.75, 3.05) is 12.0 Å². The number of aromatic hydroxyl groups is 1. The second-order valence-corrected chi connectivity index (χ2v) is 8.96. The van der Waals surface area contributed by atoms with E-state index in [1.54, 1.807) is 18.4 Å². The van der Waals surface area contributed by atoms with Gasteiger partial charge >= 0.3 is 17.9 Å². The summed E-state index contributed by atoms with van der Waals surface area (Å²) in [5.74, 6) is -7.06. The maximum absolute atomic E-state index is 12.9. The summed E-state index contributed by atoms with van der Waals surface area (Å²) in [6, 6.07) is 0.113. The van der Waals surface area contributed by atoms with E-state index in [-0.39, 0.29) is 18.6 Å². The lowest BCUT2D eigenvalue weighted by atomic mass is 10.0. The van der Waals surface area contributed by atoms with E-state index in [1.165, 1.54) is 23.9 Å². The summed E-state index contributed by atoms with van der Waals surface area (Å²) in [5.41, 5.74) is 6.60. The molecule has 4 atom stereocenters. The molecule has 0 aromatic heterocycles. The zero-order valence-electron chi connectivity index (χ0n) is 19.9. The number of benzene rings is 1. The highest BCUT2D eigenvalue weighted by atomic mass is 32.2. The van der Waals surface area contributed by atoms with Crippen LogP contribution in [0.1, 0.15) is 24.8 Å². The van der Waals surface area contributed by atoms with Crippen molar-refractivity contribution in [1.82, 2.24) is 16.0 Å². The van der Waals surface area contributed by atoms with Crippen LogP contribution < -0.4 is 21.7 Å². The molecule has 0 saturated carbocycles. The number of rotatable bonds is 16. The lowest BCUT2D eigenvalue weighted by Gasteiger charge is -2.24. The molecule has 3 amide bonds. The summed E-state index contributed by atoms with van der Waals surface area (Å²) in [5, 5.41) is 43.0. The Labute approximate surface area is 216 Å². The number of amides is 3. The van der Waals surface area contributed by atoms with Crippen molar-refractivity contribution < 1.29 is 49.2 Å². The van der Waals surface area contributed by atoms with Gasteiger partial charge in [-0.1, -0.05) is 12.1 Å². The van der Waals surface area contributed by atoms with Gasteiger partial charge in [0.05, 0.1) is 18.9 Å². The minimum atomic E-state index is -1.86. The summed E-state index contributed by atoms with van der Waals surface area (Å²) in [4.78, 5) is 71.4. The molecule has 1 aromatic rings. The SMILES string of the molecule is CSCC[C@H](NC(=O)[C@@H](N)Cc1ccc(O)cc1)C(=O)N[C@@H](CC(=O)O)C(=O)N[C@@H](CC(=O)O)C(=O)O. The third-order valence-corrected chi connectivity index (χ3v) is 5.62. The fourth-order valence-corrected chi connectivity index (χ4v) is 3.54. The molecule has 0 saturated heterocycles. The molecule has 0 spiro atoms. The number of phenols is 1. The molecule has 9 N–H and O–H groups in total. The number of aliphatic carboxylic acids is 3. The van der Waals surface area contributed by atoms with Gasteiger partial charge < -0.3 is 42.1 Å². The Balaban J connectivity index is 2.96. The lowest BCUT2D eigenvalue weighted by molar-refractivity contribution is -0.148. The van der Waals surface area contributed by atoms with Crippen molar-refractivity contribution in [1.29, 1.82) is 0 Å². The van der Waals surface area contributed by atoms with Crippen molar-refractivity contribution in [2.45, 2.75) is 49.9 Å². The predicted molar refractivity (Wildman–Crippen MR) is 131 cm³/mol. The number of carboxylic acid groups (broad SMARTS) is 3. The standard InChI is InChI=1S/C22H30N4O10S/c1-37-7-6-14(24-19(32)13(23)8-11-2-4-12(27)5-3-11)20(33)25-15(9-17(28)29)21(34)26-16(22(35)36)10-18(30)31/h2-5,13-16,27H,6-10,23H2,1H3,(H,24,32)(H,25,33)(H,26,34)(H,28,29)(H,30,31)(H,35,36)/t13-,14-,15-,16-/m0/s1. The Bertz CT molecular complexity index is 988. The molecule has 0 radical (unpaired) electrons. The van der Waals surface area contributed by atoms with Gasteiger partial charge in [0.15, 0.2) is 0 Å². The molecule has 204 valence electrons. The first-order valence-electron chi connectivity index (χ1n) is 10.9. The molecular formula is C22H30N4O10S. The number of carbonyl (C=O) groups excluding carboxylic acids is 3. The van der Waals surface area contributed by atoms with E-state index in [1.807, 2.05) is 5.32 Å². The van der Waals surface area contributed by atoms with Crippen LogP contribution in [0.4, 0.5) is 0 Å². The molecular weight excluding hydrogens is 512 g/mol. The van der Waals surface area contributed by atoms with Crippen LogP contribution in [0.5, 0.6) is 5.75 Å². The van der Waals surface area contributed by atoms with Crippen LogP contribution in [-0.2, 0) is 35.2 Å². The van der Waals surface area contributed by atoms with Crippen LogP contribution in [-0.4, -0.2) is 92.2 Å². The number of phenolic OH excluding ortho intramolecular Hbond substituents is 1. The topological polar surface area (TPSA) is 245 Å². The van der Waals surface area contributed by atoms with Gasteiger partial charge in [0.25, 0.3) is 0 Å². The molecule has 1 rings (SSSR count). The van der Waals surface area contributed by atoms with Crippen molar-refractivity contribution in [3.8, 4) is 5.75 Å². The van der Waals surface area contributed by atoms with E-state index in [0.717, 1.165) is 0 Å². The van der Waals surface area contributed by atoms with E-state index in [9.17, 15) is 33.9 Å². The second kappa shape index (κ2) is 15.3. The van der Waals surface area contributed by atoms with Crippen LogP contribution in [0.15, 0.2) is 24.3 Å². The first-order valence-corrected chi connectivity index (χ1v) is 12.3. The number of carbonyl (C=O) groups is 6. The van der Waals surface area contributed by atoms with E-state index in [0.29, 0.717) is 11.3 Å². The zero-order valence-corrected chi connectivity index (χ0v) is 20.7. The zero-order chi connectivity index (χ0) is 28.1. The summed E-state index contributed by atoms with van der Waals surface area (Å²) < 4.78 is 0. The molecule has 0 aliphatic heterocycles. The minimum Gasteiger partial charge on any atom is -0.508 e. The van der Waals surface area contributed by atoms with Gasteiger partial charge in [0, 0.05) is 0 Å². The van der Waals surface area contributed by atoms with Gasteiger partial charge in [0.1, 0.15) is 23.9 Å². The third kappa shape index (κ3) is 11.6. The number of thioether (sulfide) groups is 1. The fraction of sp³-hybridized carbons (Fsp3) is 0.455. The van der Waals surface area contributed by atoms with E-state index in [4.69, 9.17) is 21.1 Å². The van der Waals surface area contributed by atoms with Crippen LogP contribution in [0.25, 0.3) is 0 Å². The largest absolute Gasteiger partial charge is 0.508 e. The van der Waals surface area contributed by atoms with Crippen LogP contribution in [0.3, 0.4) is 0 Å². The summed E-state index contributed by atoms with van der Waals surface area (Å²) in [6.07, 6.45) is 0.0409. The molecule has 1 aromatic carbocycles. The molecule has 14 nitrogen and oxygen atoms in total. The van der Waals surface area contributed by atoms with Gasteiger partial charge in [-0.2, -0.15) is 11.8 Å². The first kappa shape index (κ1) is 31.2. The van der Waals surface area contributed by atoms with E-state index < -0.39 is 72.6 Å². The molecule has 0 aliphatic rings. The van der Waals surface area contributed by atoms with Gasteiger partial charge in [0.2, 0.25) is 17.7 Å². The molecule has 37 heavy (non-hydrogen) atoms. The first-order chi connectivity index (χ1) is 17.3. The summed E-state index contributed by atoms with van der Waals surface area (Å²) >= 11 is 1.36. The highest BCUT2D eigenvalue weighted by molar-refractivity contribution is 7.98. The Hall–Kier alpha value is -3.85. The maximum atomic E-state index is 12.9. The summed E-state index contributed by atoms with van der Waals surface area (Å²) in [6.45, 7) is 0. The monoisotopic (exact) mass is 542 g/mol. The number of nitrogens with one attached hydrogen (secondary N) is 3. The average Bonchev–Trinajstić information content (AvgIpc) is 2.81. The summed E-state index contributed by atoms with van der Waals surface area (Å²) in [7, 11) is 0. The Morgan fingerprint density at radius 1 is 0.811 bits per heavy atom. The highest BCUT2D eigenvalue weighted by Crippen LogP contribution is 2.11. The van der Waals surface area contributed by atoms with Crippen molar-refractivity contribution >= 4 is 47.4 Å². The number of nitrogens with two attached hydrogens (primary N) is 1. The number of hydrogen-bond donors (Lipinski definition) is 8. The molecule has 0 aliphatic carbocycles. The predicted octanol–water partition coefficient (Wildman–Crippen LogP) is -1.50. The van der Waals surface area contributed by atoms with Crippen LogP contribution in [0, 0.1) is 0 Å². The highest BCUT2D eigenvalue weighted by Gasteiger charge is 2.32. The number of hydrogen-bond acceptors (Lipinski definition) is 9. The molecule has 0 fully saturated rings. The Morgan fingerprint density at radius 3 is 1.81 bits per heavy atom. The molecule has 0 bridgehead atoms. The van der Waals surface area contributed by atoms with Gasteiger partial charge in [-0.15, -0.1) is 0 Å². The maximum Gasteiger partial charge on any atom is 0.326 e. The van der Waals surface area contributed by atoms with Crippen LogP contribution in [0.2, 0.25) is 0 Å². The third-order valence-electron chi connectivity index (χ3n) is 4.98. The average molecular weight is 543 g/mol. The number of carboxylic acids is 3. The molecule has 0 unspecified atom stereocenters. The Kier molecular flexibility index (Phi) is 12.9. The fourth-order valence-electron chi connectivity index (χ4n) is 3.07. The van der Waals surface area contributed by atoms with E-state index >= 15 is 0 Å². The smallest absolute Gasteiger partial charge is 0.326 e. The second-order valence-electron chi connectivity index (χ2n) is 7.98. The van der Waals surface area contributed by atoms with Crippen molar-refractivity contribution in [3.63, 3.8) is 0 Å². The lowest BCUT2D eigenvalue weighted by Crippen LogP contribution is -2.57. The molecule has 15 heteroatoms. The quantitative estimate of drug-likeness (QED) is 0.119. The van der Waals surface area contributed by atoms with E-state index in [2.05, 4.69) is 10.6 Å². The normalized spacial score (nSPS) is 13.9. The van der Waals surface area contributed by atoms with Crippen LogP contribution >= 0.6 is 11.8 Å². The molecule has 0 heterocycles. The van der Waals surface area contributed by atoms with Gasteiger partial charge in [-0.05, 0) is 42.5 Å². The van der Waals surface area contributed by atoms with Gasteiger partial charge in [-0.25, -0.2) is 4.79 Å². The van der Waals surface area contributed by atoms with Crippen molar-refractivity contribution in [3.05, 3.63) is 29.8 Å². The minimum absolute atomic E-state index is 0.0353. The van der Waals surface area contributed by atoms with Gasteiger partial charge in [-0.3, -0.25) is 24.0 Å². The Morgan fingerprint density at radius 2 is 1.30 bits per heavy atom. The van der Waals surface area contributed by atoms with Crippen molar-refractivity contribution in [2.24, 2.45) is 5.73 Å².